The van der Waals surface area contributed by atoms with Crippen LogP contribution in [0.4, 0.5) is 0 Å². The molecule has 0 amide bonds. The summed E-state index contributed by atoms with van der Waals surface area (Å²) in [5.41, 5.74) is 14.8. The van der Waals surface area contributed by atoms with Crippen molar-refractivity contribution in [2.45, 2.75) is 0 Å². The fourth-order valence-corrected chi connectivity index (χ4v) is 7.69. The van der Waals surface area contributed by atoms with Gasteiger partial charge in [-0.1, -0.05) is 115 Å². The maximum atomic E-state index is 10.2. The van der Waals surface area contributed by atoms with Gasteiger partial charge in [0.15, 0.2) is 0 Å². The zero-order valence-electron chi connectivity index (χ0n) is 28.0. The molecule has 0 spiro atoms. The first-order valence-corrected chi connectivity index (χ1v) is 17.4. The van der Waals surface area contributed by atoms with Crippen molar-refractivity contribution in [1.82, 2.24) is 0 Å². The summed E-state index contributed by atoms with van der Waals surface area (Å²) in [5, 5.41) is 14.5. The molecule has 0 radical (unpaired) electrons. The average molecular weight is 664 g/mol. The highest BCUT2D eigenvalue weighted by Crippen LogP contribution is 2.45. The minimum atomic E-state index is 0.641. The van der Waals surface area contributed by atoms with Gasteiger partial charge in [-0.05, 0) is 116 Å². The highest BCUT2D eigenvalue weighted by atomic mass is 16.3. The Kier molecular flexibility index (Phi) is 6.87. The minimum absolute atomic E-state index is 0.641. The standard InChI is InChI=1S/C49H29NO2/c50-30-34-13-4-5-14-38(34)36-25-35(31-11-2-1-3-12-31)26-37(27-36)49-39(32-21-23-47-43(28-32)41-15-6-8-19-45(41)51-47)17-10-18-40(49)33-22-24-48-44(29-33)42-16-7-9-20-46(42)52-48/h1-29H. The number of benzene rings is 8. The number of rotatable bonds is 5. The molecule has 0 aliphatic heterocycles. The number of hydrogen-bond acceptors (Lipinski definition) is 3. The largest absolute Gasteiger partial charge is 0.456 e. The Morgan fingerprint density at radius 3 is 1.46 bits per heavy atom. The van der Waals surface area contributed by atoms with Gasteiger partial charge in [0.25, 0.3) is 0 Å². The molecule has 0 aliphatic rings. The molecular formula is C49H29NO2. The highest BCUT2D eigenvalue weighted by molar-refractivity contribution is 6.09. The Morgan fingerprint density at radius 1 is 0.327 bits per heavy atom. The molecule has 8 aromatic carbocycles. The van der Waals surface area contributed by atoms with Crippen LogP contribution in [0.2, 0.25) is 0 Å². The Bertz CT molecular complexity index is 2900. The lowest BCUT2D eigenvalue weighted by atomic mass is 9.84. The molecule has 3 nitrogen and oxygen atoms in total. The SMILES string of the molecule is N#Cc1ccccc1-c1cc(-c2ccccc2)cc(-c2c(-c3ccc4oc5ccccc5c4c3)cccc2-c2ccc3oc4ccccc4c3c2)c1. The molecule has 3 heteroatoms. The number of para-hydroxylation sites is 2. The molecule has 0 fully saturated rings. The van der Waals surface area contributed by atoms with Crippen molar-refractivity contribution in [3.63, 3.8) is 0 Å². The molecule has 10 aromatic rings. The molecule has 0 atom stereocenters. The van der Waals surface area contributed by atoms with Crippen LogP contribution in [-0.2, 0) is 0 Å². The van der Waals surface area contributed by atoms with Crippen LogP contribution in [0.5, 0.6) is 0 Å². The molecule has 0 unspecified atom stereocenters. The van der Waals surface area contributed by atoms with E-state index in [1.54, 1.807) is 0 Å². The van der Waals surface area contributed by atoms with Crippen LogP contribution in [0, 0.1) is 11.3 Å². The minimum Gasteiger partial charge on any atom is -0.456 e. The van der Waals surface area contributed by atoms with Crippen LogP contribution in [0.15, 0.2) is 185 Å². The Balaban J connectivity index is 1.29. The molecule has 0 saturated heterocycles. The van der Waals surface area contributed by atoms with Crippen molar-refractivity contribution in [3.05, 3.63) is 181 Å². The monoisotopic (exact) mass is 663 g/mol. The van der Waals surface area contributed by atoms with Crippen molar-refractivity contribution in [1.29, 1.82) is 5.26 Å². The van der Waals surface area contributed by atoms with Gasteiger partial charge in [0.05, 0.1) is 11.6 Å². The lowest BCUT2D eigenvalue weighted by molar-refractivity contribution is 0.668. The maximum Gasteiger partial charge on any atom is 0.135 e. The van der Waals surface area contributed by atoms with E-state index in [0.717, 1.165) is 99.5 Å². The van der Waals surface area contributed by atoms with Gasteiger partial charge in [0.2, 0.25) is 0 Å². The molecule has 0 aliphatic carbocycles. The molecule has 2 heterocycles. The summed E-state index contributed by atoms with van der Waals surface area (Å²) in [6, 6.07) is 63.4. The topological polar surface area (TPSA) is 50.1 Å². The van der Waals surface area contributed by atoms with Crippen molar-refractivity contribution >= 4 is 43.9 Å². The van der Waals surface area contributed by atoms with Crippen LogP contribution < -0.4 is 0 Å². The van der Waals surface area contributed by atoms with Crippen LogP contribution in [0.3, 0.4) is 0 Å². The number of hydrogen-bond donors (Lipinski definition) is 0. The van der Waals surface area contributed by atoms with Crippen LogP contribution in [-0.4, -0.2) is 0 Å². The van der Waals surface area contributed by atoms with E-state index >= 15 is 0 Å². The van der Waals surface area contributed by atoms with Crippen molar-refractivity contribution in [2.24, 2.45) is 0 Å². The van der Waals surface area contributed by atoms with Crippen LogP contribution in [0.25, 0.3) is 99.5 Å². The van der Waals surface area contributed by atoms with E-state index < -0.39 is 0 Å². The lowest BCUT2D eigenvalue weighted by Crippen LogP contribution is -1.93. The molecule has 10 rings (SSSR count). The second kappa shape index (κ2) is 12.0. The van der Waals surface area contributed by atoms with Gasteiger partial charge >= 0.3 is 0 Å². The van der Waals surface area contributed by atoms with Crippen LogP contribution in [0.1, 0.15) is 5.56 Å². The highest BCUT2D eigenvalue weighted by Gasteiger charge is 2.19. The smallest absolute Gasteiger partial charge is 0.135 e. The van der Waals surface area contributed by atoms with Crippen molar-refractivity contribution in [3.8, 4) is 61.7 Å². The Labute approximate surface area is 300 Å². The second-order valence-corrected chi connectivity index (χ2v) is 13.2. The second-order valence-electron chi connectivity index (χ2n) is 13.2. The Morgan fingerprint density at radius 2 is 0.827 bits per heavy atom. The van der Waals surface area contributed by atoms with E-state index in [0.29, 0.717) is 5.56 Å². The van der Waals surface area contributed by atoms with Gasteiger partial charge in [0, 0.05) is 21.5 Å². The first-order valence-electron chi connectivity index (χ1n) is 17.4. The summed E-state index contributed by atoms with van der Waals surface area (Å²) < 4.78 is 12.5. The summed E-state index contributed by atoms with van der Waals surface area (Å²) >= 11 is 0. The third-order valence-corrected chi connectivity index (χ3v) is 10.1. The zero-order chi connectivity index (χ0) is 34.6. The average Bonchev–Trinajstić information content (AvgIpc) is 3.78. The third-order valence-electron chi connectivity index (χ3n) is 10.1. The zero-order valence-corrected chi connectivity index (χ0v) is 28.0. The fourth-order valence-electron chi connectivity index (χ4n) is 7.69. The normalized spacial score (nSPS) is 11.4. The maximum absolute atomic E-state index is 10.2. The summed E-state index contributed by atoms with van der Waals surface area (Å²) in [7, 11) is 0. The first kappa shape index (κ1) is 29.7. The van der Waals surface area contributed by atoms with E-state index in [2.05, 4.69) is 127 Å². The van der Waals surface area contributed by atoms with E-state index in [1.807, 2.05) is 54.6 Å². The van der Waals surface area contributed by atoms with Gasteiger partial charge in [-0.3, -0.25) is 0 Å². The molecule has 0 saturated carbocycles. The van der Waals surface area contributed by atoms with Gasteiger partial charge in [-0.25, -0.2) is 0 Å². The van der Waals surface area contributed by atoms with Crippen LogP contribution >= 0.6 is 0 Å². The summed E-state index contributed by atoms with van der Waals surface area (Å²) in [5.74, 6) is 0. The Hall–Kier alpha value is -7.15. The summed E-state index contributed by atoms with van der Waals surface area (Å²) in [6.07, 6.45) is 0. The quantitative estimate of drug-likeness (QED) is 0.184. The van der Waals surface area contributed by atoms with E-state index in [1.165, 1.54) is 0 Å². The predicted octanol–water partition coefficient (Wildman–Crippen LogP) is 13.7. The molecule has 0 bridgehead atoms. The molecule has 0 N–H and O–H groups in total. The van der Waals surface area contributed by atoms with E-state index in [9.17, 15) is 5.26 Å². The lowest BCUT2D eigenvalue weighted by Gasteiger charge is -2.19. The molecular weight excluding hydrogens is 635 g/mol. The molecule has 52 heavy (non-hydrogen) atoms. The van der Waals surface area contributed by atoms with Gasteiger partial charge in [-0.15, -0.1) is 0 Å². The predicted molar refractivity (Wildman–Crippen MR) is 213 cm³/mol. The van der Waals surface area contributed by atoms with Gasteiger partial charge < -0.3 is 8.83 Å². The molecule has 2 aromatic heterocycles. The number of furan rings is 2. The first-order chi connectivity index (χ1) is 25.7. The fraction of sp³-hybridized carbons (Fsp3) is 0. The van der Waals surface area contributed by atoms with E-state index in [-0.39, 0.29) is 0 Å². The van der Waals surface area contributed by atoms with Gasteiger partial charge in [-0.2, -0.15) is 5.26 Å². The van der Waals surface area contributed by atoms with Gasteiger partial charge in [0.1, 0.15) is 22.3 Å². The molecule has 242 valence electrons. The third kappa shape index (κ3) is 4.89. The summed E-state index contributed by atoms with van der Waals surface area (Å²) in [6.45, 7) is 0. The van der Waals surface area contributed by atoms with Crippen molar-refractivity contribution < 1.29 is 8.83 Å². The number of nitriles is 1. The number of nitrogens with zero attached hydrogens (tertiary/aromatic N) is 1. The van der Waals surface area contributed by atoms with E-state index in [4.69, 9.17) is 8.83 Å². The summed E-state index contributed by atoms with van der Waals surface area (Å²) in [4.78, 5) is 0. The van der Waals surface area contributed by atoms with Crippen molar-refractivity contribution in [2.75, 3.05) is 0 Å². The number of fused-ring (bicyclic) bond motifs is 6.